The van der Waals surface area contributed by atoms with E-state index in [4.69, 9.17) is 4.42 Å². The monoisotopic (exact) mass is 409 g/mol. The van der Waals surface area contributed by atoms with Crippen LogP contribution in [0.5, 0.6) is 0 Å². The van der Waals surface area contributed by atoms with Gasteiger partial charge in [0.15, 0.2) is 0 Å². The van der Waals surface area contributed by atoms with Crippen LogP contribution >= 0.6 is 15.9 Å². The third-order valence-electron chi connectivity index (χ3n) is 4.94. The summed E-state index contributed by atoms with van der Waals surface area (Å²) in [6.07, 6.45) is 2.01. The molecule has 0 unspecified atom stereocenters. The zero-order chi connectivity index (χ0) is 17.7. The highest BCUT2D eigenvalue weighted by Crippen LogP contribution is 2.28. The van der Waals surface area contributed by atoms with Crippen molar-refractivity contribution < 1.29 is 4.42 Å². The highest BCUT2D eigenvalue weighted by atomic mass is 79.9. The lowest BCUT2D eigenvalue weighted by atomic mass is 10.1. The van der Waals surface area contributed by atoms with E-state index >= 15 is 0 Å². The van der Waals surface area contributed by atoms with Crippen molar-refractivity contribution in [1.29, 1.82) is 0 Å². The van der Waals surface area contributed by atoms with E-state index in [1.807, 2.05) is 18.2 Å². The number of nitrogens with one attached hydrogen (secondary N) is 2. The number of H-pyrrole nitrogens is 1. The summed E-state index contributed by atoms with van der Waals surface area (Å²) in [4.78, 5) is 19.9. The first-order valence-electron chi connectivity index (χ1n) is 8.58. The summed E-state index contributed by atoms with van der Waals surface area (Å²) in [5, 5.41) is 4.36. The Bertz CT molecular complexity index is 1170. The molecule has 0 saturated heterocycles. The summed E-state index contributed by atoms with van der Waals surface area (Å²) in [7, 11) is 0. The molecule has 0 fully saturated rings. The van der Waals surface area contributed by atoms with Gasteiger partial charge in [-0.3, -0.25) is 4.79 Å². The molecule has 0 aliphatic heterocycles. The van der Waals surface area contributed by atoms with E-state index in [2.05, 4.69) is 55.5 Å². The first-order valence-corrected chi connectivity index (χ1v) is 9.38. The van der Waals surface area contributed by atoms with Crippen LogP contribution in [-0.2, 0) is 19.4 Å². The van der Waals surface area contributed by atoms with Gasteiger partial charge in [0.25, 0.3) is 5.56 Å². The molecule has 0 amide bonds. The van der Waals surface area contributed by atoms with Gasteiger partial charge in [-0.05, 0) is 42.2 Å². The second-order valence-electron chi connectivity index (χ2n) is 6.69. The highest BCUT2D eigenvalue weighted by molar-refractivity contribution is 9.10. The number of nitrogens with zero attached hydrogens (tertiary/aromatic N) is 1. The van der Waals surface area contributed by atoms with Crippen molar-refractivity contribution in [3.8, 4) is 0 Å². The lowest BCUT2D eigenvalue weighted by Crippen LogP contribution is -2.30. The van der Waals surface area contributed by atoms with Crippen molar-refractivity contribution in [3.05, 3.63) is 74.2 Å². The maximum Gasteiger partial charge on any atom is 0.294 e. The van der Waals surface area contributed by atoms with Crippen LogP contribution in [0.4, 0.5) is 0 Å². The van der Waals surface area contributed by atoms with Gasteiger partial charge in [0.2, 0.25) is 5.58 Å². The van der Waals surface area contributed by atoms with Crippen LogP contribution in [-0.4, -0.2) is 16.0 Å². The van der Waals surface area contributed by atoms with Gasteiger partial charge in [-0.15, -0.1) is 0 Å². The van der Waals surface area contributed by atoms with E-state index in [0.717, 1.165) is 22.7 Å². The second-order valence-corrected chi connectivity index (χ2v) is 7.60. The minimum atomic E-state index is -0.242. The fourth-order valence-electron chi connectivity index (χ4n) is 3.70. The Morgan fingerprint density at radius 3 is 2.73 bits per heavy atom. The van der Waals surface area contributed by atoms with Crippen LogP contribution in [0.15, 0.2) is 56.1 Å². The van der Waals surface area contributed by atoms with Crippen LogP contribution in [0.2, 0.25) is 0 Å². The molecule has 26 heavy (non-hydrogen) atoms. The number of benzene rings is 2. The smallest absolute Gasteiger partial charge is 0.294 e. The Balaban J connectivity index is 1.44. The standard InChI is InChI=1S/C20H16BrN3O2/c21-13-5-6-16-15(9-13)18-19(26-16)20(25)24-17(23-18)10-22-14-7-11-3-1-2-4-12(11)8-14/h1-6,9,14,22H,7-8,10H2,(H,23,24,25). The lowest BCUT2D eigenvalue weighted by Gasteiger charge is -2.11. The Kier molecular flexibility index (Phi) is 3.69. The summed E-state index contributed by atoms with van der Waals surface area (Å²) in [6, 6.07) is 14.5. The molecule has 6 heteroatoms. The van der Waals surface area contributed by atoms with Crippen molar-refractivity contribution in [2.45, 2.75) is 25.4 Å². The Labute approximate surface area is 157 Å². The zero-order valence-corrected chi connectivity index (χ0v) is 15.5. The molecule has 130 valence electrons. The van der Waals surface area contributed by atoms with Crippen molar-refractivity contribution in [3.63, 3.8) is 0 Å². The van der Waals surface area contributed by atoms with Gasteiger partial charge in [0, 0.05) is 15.9 Å². The van der Waals surface area contributed by atoms with E-state index < -0.39 is 0 Å². The largest absolute Gasteiger partial charge is 0.449 e. The maximum absolute atomic E-state index is 12.4. The molecule has 0 radical (unpaired) electrons. The number of rotatable bonds is 3. The fraction of sp³-hybridized carbons (Fsp3) is 0.200. The third-order valence-corrected chi connectivity index (χ3v) is 5.44. The first kappa shape index (κ1) is 15.8. The summed E-state index contributed by atoms with van der Waals surface area (Å²) in [5.41, 5.74) is 4.10. The van der Waals surface area contributed by atoms with Crippen LogP contribution in [0.25, 0.3) is 22.1 Å². The van der Waals surface area contributed by atoms with Gasteiger partial charge < -0.3 is 14.7 Å². The minimum Gasteiger partial charge on any atom is -0.449 e. The topological polar surface area (TPSA) is 70.9 Å². The van der Waals surface area contributed by atoms with Crippen LogP contribution in [0.1, 0.15) is 17.0 Å². The van der Waals surface area contributed by atoms with Crippen molar-refractivity contribution in [2.75, 3.05) is 0 Å². The molecule has 0 bridgehead atoms. The number of furan rings is 1. The molecule has 2 aromatic carbocycles. The molecule has 5 rings (SSSR count). The van der Waals surface area contributed by atoms with Crippen molar-refractivity contribution in [2.24, 2.45) is 0 Å². The molecule has 5 nitrogen and oxygen atoms in total. The maximum atomic E-state index is 12.4. The molecular weight excluding hydrogens is 394 g/mol. The molecule has 0 saturated carbocycles. The van der Waals surface area contributed by atoms with E-state index in [9.17, 15) is 4.79 Å². The second kappa shape index (κ2) is 6.07. The predicted octanol–water partition coefficient (Wildman–Crippen LogP) is 3.69. The molecular formula is C20H16BrN3O2. The lowest BCUT2D eigenvalue weighted by molar-refractivity contribution is 0.521. The Morgan fingerprint density at radius 2 is 1.96 bits per heavy atom. The van der Waals surface area contributed by atoms with Gasteiger partial charge >= 0.3 is 0 Å². The van der Waals surface area contributed by atoms with Gasteiger partial charge in [0.05, 0.1) is 6.54 Å². The zero-order valence-electron chi connectivity index (χ0n) is 13.9. The van der Waals surface area contributed by atoms with Crippen molar-refractivity contribution in [1.82, 2.24) is 15.3 Å². The molecule has 4 aromatic rings. The summed E-state index contributed by atoms with van der Waals surface area (Å²) >= 11 is 3.46. The number of hydrogen-bond acceptors (Lipinski definition) is 4. The highest BCUT2D eigenvalue weighted by Gasteiger charge is 2.21. The SMILES string of the molecule is O=c1[nH]c(CNC2Cc3ccccc3C2)nc2c1oc1ccc(Br)cc12. The minimum absolute atomic E-state index is 0.242. The number of aromatic amines is 1. The summed E-state index contributed by atoms with van der Waals surface area (Å²) in [5.74, 6) is 0.626. The summed E-state index contributed by atoms with van der Waals surface area (Å²) in [6.45, 7) is 0.518. The van der Waals surface area contributed by atoms with E-state index in [-0.39, 0.29) is 11.1 Å². The summed E-state index contributed by atoms with van der Waals surface area (Å²) < 4.78 is 6.59. The van der Waals surface area contributed by atoms with Gasteiger partial charge in [-0.2, -0.15) is 0 Å². The molecule has 1 aliphatic rings. The fourth-order valence-corrected chi connectivity index (χ4v) is 4.06. The van der Waals surface area contributed by atoms with Crippen LogP contribution in [0.3, 0.4) is 0 Å². The number of fused-ring (bicyclic) bond motifs is 4. The Hall–Kier alpha value is -2.44. The average molecular weight is 410 g/mol. The normalized spacial score (nSPS) is 14.3. The van der Waals surface area contributed by atoms with E-state index in [0.29, 0.717) is 29.5 Å². The number of hydrogen-bond donors (Lipinski definition) is 2. The van der Waals surface area contributed by atoms with Gasteiger partial charge in [0.1, 0.15) is 16.9 Å². The van der Waals surface area contributed by atoms with E-state index in [1.54, 1.807) is 0 Å². The van der Waals surface area contributed by atoms with E-state index in [1.165, 1.54) is 11.1 Å². The van der Waals surface area contributed by atoms with Crippen LogP contribution in [0, 0.1) is 0 Å². The molecule has 0 spiro atoms. The van der Waals surface area contributed by atoms with Gasteiger partial charge in [-0.1, -0.05) is 40.2 Å². The van der Waals surface area contributed by atoms with Crippen molar-refractivity contribution >= 4 is 38.0 Å². The van der Waals surface area contributed by atoms with Gasteiger partial charge in [-0.25, -0.2) is 4.98 Å². The van der Waals surface area contributed by atoms with Crippen LogP contribution < -0.4 is 10.9 Å². The Morgan fingerprint density at radius 1 is 1.19 bits per heavy atom. The molecule has 0 atom stereocenters. The third kappa shape index (κ3) is 2.66. The predicted molar refractivity (Wildman–Crippen MR) is 104 cm³/mol. The number of aromatic nitrogens is 2. The first-order chi connectivity index (χ1) is 12.7. The molecule has 1 aliphatic carbocycles. The average Bonchev–Trinajstić information content (AvgIpc) is 3.21. The molecule has 2 N–H and O–H groups in total. The quantitative estimate of drug-likeness (QED) is 0.541. The number of halogens is 1. The molecule has 2 aromatic heterocycles. The molecule has 2 heterocycles.